The average molecular weight is 402 g/mol. The first-order chi connectivity index (χ1) is 14.5. The number of Topliss-reactive ketones (excluding diaryl/α,β-unsaturated/α-hetero) is 1. The summed E-state index contributed by atoms with van der Waals surface area (Å²) in [6.45, 7) is 3.87. The summed E-state index contributed by atoms with van der Waals surface area (Å²) in [5.41, 5.74) is 5.69. The number of ether oxygens (including phenoxy) is 1. The molecule has 2 aliphatic rings. The van der Waals surface area contributed by atoms with Crippen molar-refractivity contribution in [2.75, 3.05) is 12.4 Å². The minimum absolute atomic E-state index is 0.109. The number of nitrogens with one attached hydrogen (secondary N) is 2. The van der Waals surface area contributed by atoms with Gasteiger partial charge in [-0.05, 0) is 56.0 Å². The molecule has 0 radical (unpaired) electrons. The molecule has 0 aromatic heterocycles. The summed E-state index contributed by atoms with van der Waals surface area (Å²) >= 11 is 0. The van der Waals surface area contributed by atoms with Gasteiger partial charge in [-0.2, -0.15) is 0 Å². The minimum Gasteiger partial charge on any atom is -0.497 e. The van der Waals surface area contributed by atoms with E-state index in [1.165, 1.54) is 0 Å². The standard InChI is InChI=1S/C25H26N2O3/c1-15-7-4-5-8-19(15)27-25(29)22-16(2)26-20-9-6-10-21(28)24(20)23(22)17-11-13-18(30-3)14-12-17/h4-5,7-8,11-14,23,26H,6,9-10H2,1-3H3,(H,27,29). The summed E-state index contributed by atoms with van der Waals surface area (Å²) in [6.07, 6.45) is 2.16. The van der Waals surface area contributed by atoms with Crippen LogP contribution in [0.1, 0.15) is 43.2 Å². The molecule has 1 aliphatic heterocycles. The van der Waals surface area contributed by atoms with E-state index in [4.69, 9.17) is 4.74 Å². The van der Waals surface area contributed by atoms with Gasteiger partial charge in [-0.3, -0.25) is 9.59 Å². The summed E-state index contributed by atoms with van der Waals surface area (Å²) < 4.78 is 5.29. The molecule has 1 unspecified atom stereocenters. The number of para-hydroxylation sites is 1. The second kappa shape index (κ2) is 8.19. The third-order valence-electron chi connectivity index (χ3n) is 5.86. The number of carbonyl (C=O) groups is 2. The highest BCUT2D eigenvalue weighted by Crippen LogP contribution is 2.42. The van der Waals surface area contributed by atoms with Crippen LogP contribution in [0.5, 0.6) is 5.75 Å². The van der Waals surface area contributed by atoms with Crippen molar-refractivity contribution in [3.63, 3.8) is 0 Å². The molecule has 5 nitrogen and oxygen atoms in total. The molecule has 2 aromatic rings. The van der Waals surface area contributed by atoms with Gasteiger partial charge in [-0.15, -0.1) is 0 Å². The lowest BCUT2D eigenvalue weighted by molar-refractivity contribution is -0.116. The minimum atomic E-state index is -0.399. The molecule has 0 fully saturated rings. The second-order valence-corrected chi connectivity index (χ2v) is 7.81. The topological polar surface area (TPSA) is 67.4 Å². The van der Waals surface area contributed by atoms with Gasteiger partial charge in [0.2, 0.25) is 0 Å². The third kappa shape index (κ3) is 3.63. The molecule has 30 heavy (non-hydrogen) atoms. The first kappa shape index (κ1) is 20.0. The Bertz CT molecular complexity index is 1060. The number of allylic oxidation sites excluding steroid dienone is 3. The monoisotopic (exact) mass is 402 g/mol. The van der Waals surface area contributed by atoms with Gasteiger partial charge in [0.25, 0.3) is 5.91 Å². The number of anilines is 1. The molecular weight excluding hydrogens is 376 g/mol. The molecule has 0 saturated carbocycles. The summed E-state index contributed by atoms with van der Waals surface area (Å²) in [7, 11) is 1.62. The van der Waals surface area contributed by atoms with E-state index >= 15 is 0 Å². The smallest absolute Gasteiger partial charge is 0.254 e. The number of carbonyl (C=O) groups excluding carboxylic acids is 2. The van der Waals surface area contributed by atoms with E-state index in [-0.39, 0.29) is 11.7 Å². The van der Waals surface area contributed by atoms with Crippen molar-refractivity contribution >= 4 is 17.4 Å². The lowest BCUT2D eigenvalue weighted by atomic mass is 9.75. The van der Waals surface area contributed by atoms with E-state index in [0.717, 1.165) is 46.8 Å². The number of dihydropyridines is 1. The fraction of sp³-hybridized carbons (Fsp3) is 0.280. The third-order valence-corrected chi connectivity index (χ3v) is 5.86. The van der Waals surface area contributed by atoms with E-state index in [2.05, 4.69) is 10.6 Å². The predicted molar refractivity (Wildman–Crippen MR) is 117 cm³/mol. The zero-order valence-electron chi connectivity index (χ0n) is 17.5. The van der Waals surface area contributed by atoms with Gasteiger partial charge < -0.3 is 15.4 Å². The first-order valence-corrected chi connectivity index (χ1v) is 10.2. The molecule has 5 heteroatoms. The van der Waals surface area contributed by atoms with Gasteiger partial charge in [0, 0.05) is 40.6 Å². The van der Waals surface area contributed by atoms with Crippen LogP contribution >= 0.6 is 0 Å². The molecule has 1 heterocycles. The average Bonchev–Trinajstić information content (AvgIpc) is 2.74. The van der Waals surface area contributed by atoms with Gasteiger partial charge in [-0.25, -0.2) is 0 Å². The van der Waals surface area contributed by atoms with Crippen LogP contribution in [0.15, 0.2) is 71.1 Å². The van der Waals surface area contributed by atoms with E-state index in [9.17, 15) is 9.59 Å². The fourth-order valence-electron chi connectivity index (χ4n) is 4.32. The van der Waals surface area contributed by atoms with Crippen molar-refractivity contribution in [2.45, 2.75) is 39.0 Å². The highest BCUT2D eigenvalue weighted by atomic mass is 16.5. The van der Waals surface area contributed by atoms with Crippen LogP contribution in [0.25, 0.3) is 0 Å². The van der Waals surface area contributed by atoms with Crippen molar-refractivity contribution < 1.29 is 14.3 Å². The molecule has 2 N–H and O–H groups in total. The zero-order chi connectivity index (χ0) is 21.3. The quantitative estimate of drug-likeness (QED) is 0.784. The summed E-state index contributed by atoms with van der Waals surface area (Å²) in [5.74, 6) is 0.255. The molecule has 1 atom stereocenters. The zero-order valence-corrected chi connectivity index (χ0v) is 17.5. The Labute approximate surface area is 176 Å². The van der Waals surface area contributed by atoms with Crippen LogP contribution in [0.4, 0.5) is 5.69 Å². The number of methoxy groups -OCH3 is 1. The number of rotatable bonds is 4. The maximum Gasteiger partial charge on any atom is 0.254 e. The normalized spacial score (nSPS) is 18.6. The van der Waals surface area contributed by atoms with E-state index in [0.29, 0.717) is 17.6 Å². The van der Waals surface area contributed by atoms with E-state index < -0.39 is 5.92 Å². The van der Waals surface area contributed by atoms with Crippen molar-refractivity contribution in [1.82, 2.24) is 5.32 Å². The number of ketones is 1. The summed E-state index contributed by atoms with van der Waals surface area (Å²) in [4.78, 5) is 26.4. The maximum atomic E-state index is 13.5. The largest absolute Gasteiger partial charge is 0.497 e. The molecule has 1 amide bonds. The molecule has 0 spiro atoms. The summed E-state index contributed by atoms with van der Waals surface area (Å²) in [6, 6.07) is 15.3. The van der Waals surface area contributed by atoms with E-state index in [1.807, 2.05) is 62.4 Å². The Morgan fingerprint density at radius 3 is 2.50 bits per heavy atom. The molecule has 4 rings (SSSR count). The van der Waals surface area contributed by atoms with Gasteiger partial charge in [0.1, 0.15) is 5.75 Å². The number of hydrogen-bond donors (Lipinski definition) is 2. The van der Waals surface area contributed by atoms with E-state index in [1.54, 1.807) is 7.11 Å². The van der Waals surface area contributed by atoms with Gasteiger partial charge >= 0.3 is 0 Å². The Balaban J connectivity index is 1.79. The number of hydrogen-bond acceptors (Lipinski definition) is 4. The van der Waals surface area contributed by atoms with Crippen LogP contribution in [0, 0.1) is 6.92 Å². The molecular formula is C25H26N2O3. The van der Waals surface area contributed by atoms with Crippen LogP contribution in [0.3, 0.4) is 0 Å². The molecule has 2 aromatic carbocycles. The summed E-state index contributed by atoms with van der Waals surface area (Å²) in [5, 5.41) is 6.40. The van der Waals surface area contributed by atoms with Crippen molar-refractivity contribution in [1.29, 1.82) is 0 Å². The lowest BCUT2D eigenvalue weighted by Crippen LogP contribution is -2.35. The van der Waals surface area contributed by atoms with Crippen molar-refractivity contribution in [3.8, 4) is 5.75 Å². The highest BCUT2D eigenvalue weighted by molar-refractivity contribution is 6.10. The van der Waals surface area contributed by atoms with Crippen molar-refractivity contribution in [3.05, 3.63) is 82.2 Å². The van der Waals surface area contributed by atoms with Crippen LogP contribution < -0.4 is 15.4 Å². The molecule has 154 valence electrons. The van der Waals surface area contributed by atoms with Crippen LogP contribution in [0.2, 0.25) is 0 Å². The van der Waals surface area contributed by atoms with Gasteiger partial charge in [-0.1, -0.05) is 30.3 Å². The Kier molecular flexibility index (Phi) is 5.44. The van der Waals surface area contributed by atoms with Gasteiger partial charge in [0.15, 0.2) is 5.78 Å². The Hall–Kier alpha value is -3.34. The molecule has 1 aliphatic carbocycles. The molecule has 0 saturated heterocycles. The molecule has 0 bridgehead atoms. The SMILES string of the molecule is COc1ccc(C2C(C(=O)Nc3ccccc3C)=C(C)NC3=C2C(=O)CCC3)cc1. The number of benzene rings is 2. The first-order valence-electron chi connectivity index (χ1n) is 10.2. The second-order valence-electron chi connectivity index (χ2n) is 7.81. The Morgan fingerprint density at radius 2 is 1.80 bits per heavy atom. The Morgan fingerprint density at radius 1 is 1.07 bits per heavy atom. The number of amides is 1. The maximum absolute atomic E-state index is 13.5. The predicted octanol–water partition coefficient (Wildman–Crippen LogP) is 4.61. The van der Waals surface area contributed by atoms with Crippen molar-refractivity contribution in [2.24, 2.45) is 0 Å². The van der Waals surface area contributed by atoms with Crippen LogP contribution in [-0.2, 0) is 9.59 Å². The highest BCUT2D eigenvalue weighted by Gasteiger charge is 2.38. The lowest BCUT2D eigenvalue weighted by Gasteiger charge is -2.34. The number of aryl methyl sites for hydroxylation is 1. The van der Waals surface area contributed by atoms with Crippen LogP contribution in [-0.4, -0.2) is 18.8 Å². The fourth-order valence-corrected chi connectivity index (χ4v) is 4.32. The van der Waals surface area contributed by atoms with Gasteiger partial charge in [0.05, 0.1) is 7.11 Å².